The number of fused-ring (bicyclic) bond motifs is 1. The molecule has 0 radical (unpaired) electrons. The Labute approximate surface area is 209 Å². The Morgan fingerprint density at radius 2 is 1.61 bits per heavy atom. The average molecular weight is 548 g/mol. The van der Waals surface area contributed by atoms with Gasteiger partial charge in [0.25, 0.3) is 5.91 Å². The van der Waals surface area contributed by atoms with E-state index in [4.69, 9.17) is 27.9 Å². The first-order valence-electron chi connectivity index (χ1n) is 9.97. The molecule has 13 heteroatoms. The number of anilines is 1. The number of nitrogens with zero attached hydrogens (tertiary/aromatic N) is 1. The fraction of sp³-hybridized carbons (Fsp3) is 0.130. The monoisotopic (exact) mass is 547 g/mol. The summed E-state index contributed by atoms with van der Waals surface area (Å²) in [5.74, 6) is -0.376. The molecular weight excluding hydrogens is 535 g/mol. The van der Waals surface area contributed by atoms with Gasteiger partial charge in [-0.2, -0.15) is 31.4 Å². The number of halogens is 8. The lowest BCUT2D eigenvalue weighted by Crippen LogP contribution is -2.14. The average Bonchev–Trinajstić information content (AvgIpc) is 3.17. The number of aromatic amines is 1. The van der Waals surface area contributed by atoms with E-state index in [0.717, 1.165) is 6.07 Å². The van der Waals surface area contributed by atoms with Gasteiger partial charge in [0.2, 0.25) is 0 Å². The predicted molar refractivity (Wildman–Crippen MR) is 121 cm³/mol. The first-order valence-corrected chi connectivity index (χ1v) is 10.7. The maximum Gasteiger partial charge on any atom is 0.416 e. The number of carbonyl (C=O) groups is 1. The second-order valence-corrected chi connectivity index (χ2v) is 8.42. The molecule has 188 valence electrons. The van der Waals surface area contributed by atoms with Gasteiger partial charge >= 0.3 is 12.4 Å². The van der Waals surface area contributed by atoms with Crippen LogP contribution in [-0.2, 0) is 19.0 Å². The molecule has 4 rings (SSSR count). The van der Waals surface area contributed by atoms with Crippen LogP contribution in [0.25, 0.3) is 10.9 Å². The lowest BCUT2D eigenvalue weighted by atomic mass is 10.0. The van der Waals surface area contributed by atoms with Crippen molar-refractivity contribution in [3.8, 4) is 5.75 Å². The van der Waals surface area contributed by atoms with E-state index in [1.807, 2.05) is 0 Å². The molecular formula is C23H13Cl2F6N3O2. The van der Waals surface area contributed by atoms with E-state index < -0.39 is 41.6 Å². The first kappa shape index (κ1) is 25.6. The van der Waals surface area contributed by atoms with Crippen LogP contribution in [0.5, 0.6) is 5.75 Å². The van der Waals surface area contributed by atoms with Crippen molar-refractivity contribution in [1.29, 1.82) is 0 Å². The number of rotatable bonds is 5. The summed E-state index contributed by atoms with van der Waals surface area (Å²) in [5, 5.41) is 10.1. The fourth-order valence-corrected chi connectivity index (χ4v) is 3.87. The smallest absolute Gasteiger partial charge is 0.416 e. The zero-order valence-electron chi connectivity index (χ0n) is 17.7. The number of H-pyrrole nitrogens is 1. The van der Waals surface area contributed by atoms with Gasteiger partial charge in [0.05, 0.1) is 16.6 Å². The SMILES string of the molecule is O=C(Nc1n[nH]c2ccc(OCc3ccc(C(F)(F)F)cc3C(F)(F)F)cc12)c1cc(Cl)cc(Cl)c1. The Kier molecular flexibility index (Phi) is 6.80. The summed E-state index contributed by atoms with van der Waals surface area (Å²) in [7, 11) is 0. The van der Waals surface area contributed by atoms with Gasteiger partial charge in [0.15, 0.2) is 5.82 Å². The minimum atomic E-state index is -5.02. The van der Waals surface area contributed by atoms with Crippen molar-refractivity contribution < 1.29 is 35.9 Å². The molecule has 0 spiro atoms. The molecule has 0 saturated carbocycles. The van der Waals surface area contributed by atoms with E-state index in [9.17, 15) is 31.1 Å². The Morgan fingerprint density at radius 1 is 0.917 bits per heavy atom. The quantitative estimate of drug-likeness (QED) is 0.251. The summed E-state index contributed by atoms with van der Waals surface area (Å²) in [4.78, 5) is 12.6. The van der Waals surface area contributed by atoms with E-state index >= 15 is 0 Å². The fourth-order valence-electron chi connectivity index (χ4n) is 3.35. The second-order valence-electron chi connectivity index (χ2n) is 7.55. The summed E-state index contributed by atoms with van der Waals surface area (Å²) >= 11 is 11.8. The summed E-state index contributed by atoms with van der Waals surface area (Å²) in [6.45, 7) is -0.654. The van der Waals surface area contributed by atoms with E-state index in [1.54, 1.807) is 0 Å². The topological polar surface area (TPSA) is 67.0 Å². The number of benzene rings is 3. The van der Waals surface area contributed by atoms with Crippen LogP contribution in [0.3, 0.4) is 0 Å². The lowest BCUT2D eigenvalue weighted by molar-refractivity contribution is -0.143. The van der Waals surface area contributed by atoms with Crippen molar-refractivity contribution in [2.45, 2.75) is 19.0 Å². The number of nitrogens with one attached hydrogen (secondary N) is 2. The van der Waals surface area contributed by atoms with Crippen molar-refractivity contribution >= 4 is 45.8 Å². The third-order valence-corrected chi connectivity index (χ3v) is 5.46. The van der Waals surface area contributed by atoms with Crippen LogP contribution in [-0.4, -0.2) is 16.1 Å². The van der Waals surface area contributed by atoms with Gasteiger partial charge in [-0.05, 0) is 48.5 Å². The summed E-state index contributed by atoms with van der Waals surface area (Å²) in [6.07, 6.45) is -9.95. The molecule has 0 aliphatic heterocycles. The molecule has 1 aromatic heterocycles. The highest BCUT2D eigenvalue weighted by Gasteiger charge is 2.38. The van der Waals surface area contributed by atoms with Gasteiger partial charge in [0.1, 0.15) is 12.4 Å². The predicted octanol–water partition coefficient (Wildman–Crippen LogP) is 7.74. The Bertz CT molecular complexity index is 1430. The van der Waals surface area contributed by atoms with Crippen molar-refractivity contribution in [2.75, 3.05) is 5.32 Å². The zero-order chi connectivity index (χ0) is 26.3. The molecule has 4 aromatic rings. The van der Waals surface area contributed by atoms with Gasteiger partial charge in [-0.15, -0.1) is 0 Å². The van der Waals surface area contributed by atoms with E-state index in [-0.39, 0.29) is 33.2 Å². The Morgan fingerprint density at radius 3 is 2.25 bits per heavy atom. The maximum atomic E-state index is 13.4. The van der Waals surface area contributed by atoms with Crippen LogP contribution in [0.2, 0.25) is 10.0 Å². The molecule has 0 bridgehead atoms. The van der Waals surface area contributed by atoms with E-state index in [0.29, 0.717) is 17.0 Å². The highest BCUT2D eigenvalue weighted by Crippen LogP contribution is 2.38. The van der Waals surface area contributed by atoms with Crippen molar-refractivity contribution in [1.82, 2.24) is 10.2 Å². The standard InChI is InChI=1S/C23H13Cl2F6N3O2/c24-14-5-12(6-15(25)8-14)21(35)32-20-17-9-16(3-4-19(17)33-34-20)36-10-11-1-2-13(22(26,27)28)7-18(11)23(29,30)31/h1-9H,10H2,(H2,32,33,34,35). The molecule has 0 atom stereocenters. The van der Waals surface area contributed by atoms with Gasteiger partial charge in [-0.3, -0.25) is 9.89 Å². The molecule has 5 nitrogen and oxygen atoms in total. The molecule has 36 heavy (non-hydrogen) atoms. The van der Waals surface area contributed by atoms with Crippen LogP contribution in [0.1, 0.15) is 27.0 Å². The number of aromatic nitrogens is 2. The minimum Gasteiger partial charge on any atom is -0.489 e. The third-order valence-electron chi connectivity index (χ3n) is 5.03. The number of alkyl halides is 6. The van der Waals surface area contributed by atoms with Crippen LogP contribution >= 0.6 is 23.2 Å². The van der Waals surface area contributed by atoms with Gasteiger partial charge < -0.3 is 10.1 Å². The molecule has 2 N–H and O–H groups in total. The molecule has 0 unspecified atom stereocenters. The van der Waals surface area contributed by atoms with Crippen molar-refractivity contribution in [2.24, 2.45) is 0 Å². The second kappa shape index (κ2) is 9.55. The molecule has 0 saturated heterocycles. The van der Waals surface area contributed by atoms with Crippen LogP contribution in [0.4, 0.5) is 32.2 Å². The largest absolute Gasteiger partial charge is 0.489 e. The molecule has 1 heterocycles. The molecule has 0 aliphatic rings. The van der Waals surface area contributed by atoms with E-state index in [2.05, 4.69) is 15.5 Å². The highest BCUT2D eigenvalue weighted by atomic mass is 35.5. The third kappa shape index (κ3) is 5.68. The summed E-state index contributed by atoms with van der Waals surface area (Å²) in [5.41, 5.74) is -2.70. The molecule has 3 aromatic carbocycles. The van der Waals surface area contributed by atoms with Gasteiger partial charge in [-0.1, -0.05) is 29.3 Å². The van der Waals surface area contributed by atoms with Gasteiger partial charge in [0, 0.05) is 26.6 Å². The lowest BCUT2D eigenvalue weighted by Gasteiger charge is -2.16. The summed E-state index contributed by atoms with van der Waals surface area (Å²) < 4.78 is 84.2. The first-order chi connectivity index (χ1) is 16.8. The Balaban J connectivity index is 1.57. The van der Waals surface area contributed by atoms with Crippen molar-refractivity contribution in [3.05, 3.63) is 86.9 Å². The number of amides is 1. The van der Waals surface area contributed by atoms with E-state index in [1.165, 1.54) is 36.4 Å². The van der Waals surface area contributed by atoms with Crippen LogP contribution in [0, 0.1) is 0 Å². The number of carbonyl (C=O) groups excluding carboxylic acids is 1. The molecule has 0 aliphatic carbocycles. The van der Waals surface area contributed by atoms with Gasteiger partial charge in [-0.25, -0.2) is 0 Å². The minimum absolute atomic E-state index is 0.0493. The highest BCUT2D eigenvalue weighted by molar-refractivity contribution is 6.35. The molecule has 1 amide bonds. The number of hydrogen-bond donors (Lipinski definition) is 2. The summed E-state index contributed by atoms with van der Waals surface area (Å²) in [6, 6.07) is 9.94. The Hall–Kier alpha value is -3.44. The van der Waals surface area contributed by atoms with Crippen molar-refractivity contribution in [3.63, 3.8) is 0 Å². The molecule has 0 fully saturated rings. The van der Waals surface area contributed by atoms with Crippen LogP contribution in [0.15, 0.2) is 54.6 Å². The number of hydrogen-bond acceptors (Lipinski definition) is 3. The van der Waals surface area contributed by atoms with Crippen LogP contribution < -0.4 is 10.1 Å². The normalized spacial score (nSPS) is 12.1. The zero-order valence-corrected chi connectivity index (χ0v) is 19.2. The number of ether oxygens (including phenoxy) is 1. The maximum absolute atomic E-state index is 13.4.